The lowest BCUT2D eigenvalue weighted by atomic mass is 10.2. The van der Waals surface area contributed by atoms with Gasteiger partial charge < -0.3 is 4.52 Å². The van der Waals surface area contributed by atoms with Crippen LogP contribution in [0.2, 0.25) is 0 Å². The summed E-state index contributed by atoms with van der Waals surface area (Å²) in [5, 5.41) is 4.75. The van der Waals surface area contributed by atoms with Crippen LogP contribution in [0.15, 0.2) is 69.4 Å². The van der Waals surface area contributed by atoms with E-state index in [0.29, 0.717) is 11.3 Å². The average molecular weight is 434 g/mol. The lowest BCUT2D eigenvalue weighted by molar-refractivity contribution is 0.430. The maximum absolute atomic E-state index is 12.5. The SMILES string of the molecule is Cc1noc(NS(=O)(=O)c2ccc(NS(=O)(=O)C=Cc3ccccc3)cc2)c1C. The van der Waals surface area contributed by atoms with E-state index in [1.54, 1.807) is 38.1 Å². The third-order valence-electron chi connectivity index (χ3n) is 4.05. The van der Waals surface area contributed by atoms with Gasteiger partial charge in [0.25, 0.3) is 20.0 Å². The zero-order valence-corrected chi connectivity index (χ0v) is 17.3. The van der Waals surface area contributed by atoms with Crippen molar-refractivity contribution in [3.8, 4) is 0 Å². The number of nitrogens with zero attached hydrogens (tertiary/aromatic N) is 1. The van der Waals surface area contributed by atoms with E-state index in [0.717, 1.165) is 11.0 Å². The molecule has 1 aromatic heterocycles. The first-order valence-electron chi connectivity index (χ1n) is 8.48. The second kappa shape index (κ2) is 8.10. The van der Waals surface area contributed by atoms with Gasteiger partial charge in [-0.05, 0) is 49.8 Å². The van der Waals surface area contributed by atoms with Gasteiger partial charge in [0.05, 0.1) is 16.0 Å². The monoisotopic (exact) mass is 433 g/mol. The van der Waals surface area contributed by atoms with Gasteiger partial charge >= 0.3 is 0 Å². The van der Waals surface area contributed by atoms with E-state index >= 15 is 0 Å². The number of sulfonamides is 2. The molecular weight excluding hydrogens is 414 g/mol. The molecule has 152 valence electrons. The van der Waals surface area contributed by atoms with Crippen molar-refractivity contribution in [1.82, 2.24) is 5.16 Å². The quantitative estimate of drug-likeness (QED) is 0.589. The van der Waals surface area contributed by atoms with Crippen molar-refractivity contribution >= 4 is 37.7 Å². The molecule has 0 fully saturated rings. The number of anilines is 2. The number of hydrogen-bond donors (Lipinski definition) is 2. The van der Waals surface area contributed by atoms with E-state index in [2.05, 4.69) is 14.6 Å². The van der Waals surface area contributed by atoms with E-state index in [9.17, 15) is 16.8 Å². The first-order chi connectivity index (χ1) is 13.7. The molecule has 2 N–H and O–H groups in total. The van der Waals surface area contributed by atoms with Gasteiger partial charge in [0.2, 0.25) is 5.88 Å². The van der Waals surface area contributed by atoms with Crippen LogP contribution in [0.3, 0.4) is 0 Å². The van der Waals surface area contributed by atoms with Crippen LogP contribution >= 0.6 is 0 Å². The van der Waals surface area contributed by atoms with E-state index in [-0.39, 0.29) is 16.5 Å². The molecule has 8 nitrogen and oxygen atoms in total. The fourth-order valence-electron chi connectivity index (χ4n) is 2.32. The molecule has 2 aromatic carbocycles. The van der Waals surface area contributed by atoms with Crippen LogP contribution in [-0.2, 0) is 20.0 Å². The number of benzene rings is 2. The molecule has 0 saturated carbocycles. The van der Waals surface area contributed by atoms with E-state index in [1.165, 1.54) is 30.3 Å². The van der Waals surface area contributed by atoms with E-state index in [4.69, 9.17) is 4.52 Å². The molecule has 0 spiro atoms. The molecule has 0 amide bonds. The van der Waals surface area contributed by atoms with Gasteiger partial charge in [-0.25, -0.2) is 21.6 Å². The zero-order valence-electron chi connectivity index (χ0n) is 15.7. The summed E-state index contributed by atoms with van der Waals surface area (Å²) in [7, 11) is -7.66. The van der Waals surface area contributed by atoms with E-state index < -0.39 is 20.0 Å². The van der Waals surface area contributed by atoms with Gasteiger partial charge in [0.1, 0.15) is 0 Å². The van der Waals surface area contributed by atoms with Crippen molar-refractivity contribution in [3.63, 3.8) is 0 Å². The number of hydrogen-bond acceptors (Lipinski definition) is 6. The maximum Gasteiger partial charge on any atom is 0.264 e. The molecule has 29 heavy (non-hydrogen) atoms. The summed E-state index contributed by atoms with van der Waals surface area (Å²) in [6, 6.07) is 14.3. The Morgan fingerprint density at radius 2 is 1.55 bits per heavy atom. The summed E-state index contributed by atoms with van der Waals surface area (Å²) in [5.41, 5.74) is 2.14. The average Bonchev–Trinajstić information content (AvgIpc) is 2.99. The summed E-state index contributed by atoms with van der Waals surface area (Å²) < 4.78 is 59.0. The smallest absolute Gasteiger partial charge is 0.264 e. The molecule has 3 rings (SSSR count). The van der Waals surface area contributed by atoms with Gasteiger partial charge in [-0.1, -0.05) is 35.5 Å². The summed E-state index contributed by atoms with van der Waals surface area (Å²) in [5.74, 6) is 0.0401. The molecule has 0 aliphatic rings. The van der Waals surface area contributed by atoms with Crippen LogP contribution in [0, 0.1) is 13.8 Å². The highest BCUT2D eigenvalue weighted by Gasteiger charge is 2.19. The van der Waals surface area contributed by atoms with Crippen LogP contribution in [0.1, 0.15) is 16.8 Å². The number of nitrogens with one attached hydrogen (secondary N) is 2. The Kier molecular flexibility index (Phi) is 5.76. The highest BCUT2D eigenvalue weighted by atomic mass is 32.2. The van der Waals surface area contributed by atoms with Gasteiger partial charge in [-0.3, -0.25) is 4.72 Å². The van der Waals surface area contributed by atoms with Crippen molar-refractivity contribution < 1.29 is 21.4 Å². The zero-order chi connectivity index (χ0) is 21.1. The van der Waals surface area contributed by atoms with Crippen molar-refractivity contribution in [1.29, 1.82) is 0 Å². The first-order valence-corrected chi connectivity index (χ1v) is 11.5. The Morgan fingerprint density at radius 3 is 2.14 bits per heavy atom. The second-order valence-electron chi connectivity index (χ2n) is 6.21. The van der Waals surface area contributed by atoms with Crippen LogP contribution in [0.5, 0.6) is 0 Å². The van der Waals surface area contributed by atoms with Gasteiger partial charge in [-0.15, -0.1) is 0 Å². The molecule has 0 radical (unpaired) electrons. The summed E-state index contributed by atoms with van der Waals surface area (Å²) >= 11 is 0. The highest BCUT2D eigenvalue weighted by Crippen LogP contribution is 2.23. The topological polar surface area (TPSA) is 118 Å². The van der Waals surface area contributed by atoms with Gasteiger partial charge in [0.15, 0.2) is 0 Å². The molecule has 1 heterocycles. The second-order valence-corrected chi connectivity index (χ2v) is 9.46. The molecule has 3 aromatic rings. The fraction of sp³-hybridized carbons (Fsp3) is 0.105. The Bertz CT molecular complexity index is 1230. The number of aryl methyl sites for hydroxylation is 1. The third kappa shape index (κ3) is 5.24. The minimum atomic E-state index is -3.90. The molecule has 0 aliphatic carbocycles. The van der Waals surface area contributed by atoms with Gasteiger partial charge in [-0.2, -0.15) is 0 Å². The molecule has 0 unspecified atom stereocenters. The minimum Gasteiger partial charge on any atom is -0.337 e. The number of aromatic nitrogens is 1. The van der Waals surface area contributed by atoms with Gasteiger partial charge in [0, 0.05) is 11.3 Å². The molecule has 0 atom stereocenters. The molecule has 0 aliphatic heterocycles. The minimum absolute atomic E-state index is 0.0401. The Balaban J connectivity index is 1.72. The maximum atomic E-state index is 12.5. The van der Waals surface area contributed by atoms with Crippen LogP contribution in [0.4, 0.5) is 11.6 Å². The van der Waals surface area contributed by atoms with Crippen molar-refractivity contribution in [2.24, 2.45) is 0 Å². The molecule has 0 bridgehead atoms. The molecular formula is C19H19N3O5S2. The Hall–Kier alpha value is -3.11. The standard InChI is InChI=1S/C19H19N3O5S2/c1-14-15(2)20-27-19(14)22-29(25,26)18-10-8-17(9-11-18)21-28(23,24)13-12-16-6-4-3-5-7-16/h3-13,21-22H,1-2H3. The first kappa shape index (κ1) is 20.6. The Labute approximate surface area is 169 Å². The van der Waals surface area contributed by atoms with Crippen LogP contribution in [-0.4, -0.2) is 22.0 Å². The highest BCUT2D eigenvalue weighted by molar-refractivity contribution is 7.95. The summed E-state index contributed by atoms with van der Waals surface area (Å²) in [4.78, 5) is -0.0475. The lowest BCUT2D eigenvalue weighted by Gasteiger charge is -2.08. The van der Waals surface area contributed by atoms with Crippen molar-refractivity contribution in [2.75, 3.05) is 9.44 Å². The predicted octanol–water partition coefficient (Wildman–Crippen LogP) is 3.50. The van der Waals surface area contributed by atoms with Crippen LogP contribution < -0.4 is 9.44 Å². The largest absolute Gasteiger partial charge is 0.337 e. The summed E-state index contributed by atoms with van der Waals surface area (Å²) in [6.45, 7) is 3.38. The fourth-order valence-corrected chi connectivity index (χ4v) is 4.24. The van der Waals surface area contributed by atoms with Crippen LogP contribution in [0.25, 0.3) is 6.08 Å². The Morgan fingerprint density at radius 1 is 0.897 bits per heavy atom. The van der Waals surface area contributed by atoms with Crippen molar-refractivity contribution in [3.05, 3.63) is 76.8 Å². The van der Waals surface area contributed by atoms with E-state index in [1.807, 2.05) is 6.07 Å². The third-order valence-corrected chi connectivity index (χ3v) is 6.41. The molecule has 0 saturated heterocycles. The predicted molar refractivity (Wildman–Crippen MR) is 111 cm³/mol. The normalized spacial score (nSPS) is 12.2. The molecule has 10 heteroatoms. The number of rotatable bonds is 7. The summed E-state index contributed by atoms with van der Waals surface area (Å²) in [6.07, 6.45) is 1.47. The van der Waals surface area contributed by atoms with Crippen molar-refractivity contribution in [2.45, 2.75) is 18.7 Å². The lowest BCUT2D eigenvalue weighted by Crippen LogP contribution is -2.13.